The molecule has 0 atom stereocenters. The van der Waals surface area contributed by atoms with Crippen molar-refractivity contribution in [1.82, 2.24) is 15.2 Å². The molecule has 4 aromatic rings. The second-order valence-electron chi connectivity index (χ2n) is 6.00. The number of nitrogens with zero attached hydrogens (tertiary/aromatic N) is 3. The van der Waals surface area contributed by atoms with Crippen molar-refractivity contribution in [2.75, 3.05) is 12.4 Å². The lowest BCUT2D eigenvalue weighted by Gasteiger charge is -2.11. The molecular formula is C21H15ClN4O3S. The number of benzene rings is 2. The summed E-state index contributed by atoms with van der Waals surface area (Å²) < 4.78 is 11.0. The SMILES string of the molecule is COc1ccccc1-c1cnccc1C(=O)Nc1nnc(Oc2ccc(Cl)cc2)s1. The molecule has 1 amide bonds. The Hall–Kier alpha value is -3.49. The van der Waals surface area contributed by atoms with E-state index in [0.717, 1.165) is 16.9 Å². The molecule has 0 saturated heterocycles. The van der Waals surface area contributed by atoms with Gasteiger partial charge in [-0.1, -0.05) is 34.9 Å². The zero-order valence-corrected chi connectivity index (χ0v) is 17.3. The fraction of sp³-hybridized carbons (Fsp3) is 0.0476. The summed E-state index contributed by atoms with van der Waals surface area (Å²) in [7, 11) is 1.58. The summed E-state index contributed by atoms with van der Waals surface area (Å²) in [5.74, 6) is 0.877. The van der Waals surface area contributed by atoms with Crippen molar-refractivity contribution in [1.29, 1.82) is 0 Å². The smallest absolute Gasteiger partial charge is 0.301 e. The highest BCUT2D eigenvalue weighted by Crippen LogP contribution is 2.33. The number of anilines is 1. The van der Waals surface area contributed by atoms with E-state index in [1.54, 1.807) is 49.8 Å². The number of halogens is 1. The fourth-order valence-electron chi connectivity index (χ4n) is 2.74. The Morgan fingerprint density at radius 3 is 2.63 bits per heavy atom. The van der Waals surface area contributed by atoms with E-state index in [0.29, 0.717) is 38.0 Å². The van der Waals surface area contributed by atoms with Crippen LogP contribution in [0.3, 0.4) is 0 Å². The van der Waals surface area contributed by atoms with Gasteiger partial charge in [-0.15, -0.1) is 5.10 Å². The Kier molecular flexibility index (Phi) is 5.87. The quantitative estimate of drug-likeness (QED) is 0.439. The van der Waals surface area contributed by atoms with Crippen molar-refractivity contribution in [2.45, 2.75) is 0 Å². The maximum absolute atomic E-state index is 12.9. The molecule has 0 saturated carbocycles. The molecule has 2 heterocycles. The third-order valence-corrected chi connectivity index (χ3v) is 5.08. The molecule has 150 valence electrons. The second kappa shape index (κ2) is 8.89. The molecule has 0 bridgehead atoms. The summed E-state index contributed by atoms with van der Waals surface area (Å²) in [6, 6.07) is 15.9. The first-order valence-electron chi connectivity index (χ1n) is 8.79. The molecule has 1 N–H and O–H groups in total. The van der Waals surface area contributed by atoms with Gasteiger partial charge in [0, 0.05) is 28.5 Å². The number of hydrogen-bond acceptors (Lipinski definition) is 7. The molecular weight excluding hydrogens is 424 g/mol. The van der Waals surface area contributed by atoms with Gasteiger partial charge in [0.05, 0.1) is 12.7 Å². The van der Waals surface area contributed by atoms with Crippen molar-refractivity contribution in [3.63, 3.8) is 0 Å². The number of para-hydroxylation sites is 1. The number of rotatable bonds is 6. The van der Waals surface area contributed by atoms with Crippen molar-refractivity contribution in [3.05, 3.63) is 77.6 Å². The molecule has 0 aliphatic rings. The minimum Gasteiger partial charge on any atom is -0.496 e. The van der Waals surface area contributed by atoms with Gasteiger partial charge in [-0.05, 0) is 47.7 Å². The highest BCUT2D eigenvalue weighted by Gasteiger charge is 2.17. The predicted molar refractivity (Wildman–Crippen MR) is 116 cm³/mol. The highest BCUT2D eigenvalue weighted by atomic mass is 35.5. The number of carbonyl (C=O) groups excluding carboxylic acids is 1. The van der Waals surface area contributed by atoms with E-state index in [1.807, 2.05) is 24.3 Å². The van der Waals surface area contributed by atoms with E-state index in [4.69, 9.17) is 21.1 Å². The minimum absolute atomic E-state index is 0.298. The van der Waals surface area contributed by atoms with E-state index in [9.17, 15) is 4.79 Å². The lowest BCUT2D eigenvalue weighted by atomic mass is 10.0. The van der Waals surface area contributed by atoms with Crippen LogP contribution in [0.2, 0.25) is 5.02 Å². The van der Waals surface area contributed by atoms with Gasteiger partial charge in [-0.3, -0.25) is 15.1 Å². The van der Waals surface area contributed by atoms with Crippen LogP contribution < -0.4 is 14.8 Å². The molecule has 0 radical (unpaired) electrons. The summed E-state index contributed by atoms with van der Waals surface area (Å²) in [5.41, 5.74) is 1.85. The zero-order chi connectivity index (χ0) is 20.9. The molecule has 0 spiro atoms. The molecule has 2 aromatic carbocycles. The first kappa shape index (κ1) is 19.8. The van der Waals surface area contributed by atoms with Crippen molar-refractivity contribution < 1.29 is 14.3 Å². The van der Waals surface area contributed by atoms with Crippen molar-refractivity contribution >= 4 is 34.0 Å². The number of methoxy groups -OCH3 is 1. The van der Waals surface area contributed by atoms with Gasteiger partial charge in [0.15, 0.2) is 0 Å². The third kappa shape index (κ3) is 4.40. The van der Waals surface area contributed by atoms with E-state index >= 15 is 0 Å². The Balaban J connectivity index is 1.54. The van der Waals surface area contributed by atoms with Gasteiger partial charge >= 0.3 is 5.19 Å². The highest BCUT2D eigenvalue weighted by molar-refractivity contribution is 7.17. The largest absolute Gasteiger partial charge is 0.496 e. The third-order valence-electron chi connectivity index (χ3n) is 4.11. The average Bonchev–Trinajstić information content (AvgIpc) is 3.22. The van der Waals surface area contributed by atoms with Crippen LogP contribution in [0.1, 0.15) is 10.4 Å². The number of hydrogen-bond donors (Lipinski definition) is 1. The maximum Gasteiger partial charge on any atom is 0.301 e. The second-order valence-corrected chi connectivity index (χ2v) is 7.38. The van der Waals surface area contributed by atoms with E-state index in [2.05, 4.69) is 20.5 Å². The van der Waals surface area contributed by atoms with Crippen LogP contribution in [0.4, 0.5) is 5.13 Å². The van der Waals surface area contributed by atoms with E-state index in [1.165, 1.54) is 0 Å². The lowest BCUT2D eigenvalue weighted by Crippen LogP contribution is -2.13. The Bertz CT molecular complexity index is 1180. The molecule has 7 nitrogen and oxygen atoms in total. The van der Waals surface area contributed by atoms with Crippen molar-refractivity contribution in [3.8, 4) is 27.8 Å². The van der Waals surface area contributed by atoms with E-state index < -0.39 is 0 Å². The topological polar surface area (TPSA) is 86.2 Å². The summed E-state index contributed by atoms with van der Waals surface area (Å²) in [6.45, 7) is 0. The maximum atomic E-state index is 12.9. The van der Waals surface area contributed by atoms with Crippen LogP contribution >= 0.6 is 22.9 Å². The molecule has 4 rings (SSSR count). The molecule has 0 fully saturated rings. The van der Waals surface area contributed by atoms with Crippen LogP contribution in [-0.4, -0.2) is 28.2 Å². The first-order valence-corrected chi connectivity index (χ1v) is 9.99. The average molecular weight is 439 g/mol. The Morgan fingerprint density at radius 2 is 1.83 bits per heavy atom. The standard InChI is InChI=1S/C21H15ClN4O3S/c1-28-18-5-3-2-4-15(18)17-12-23-11-10-16(17)19(27)24-20-25-26-21(30-20)29-14-8-6-13(22)7-9-14/h2-12H,1H3,(H,24,25,27). The van der Waals surface area contributed by atoms with Crippen LogP contribution in [0.15, 0.2) is 67.0 Å². The number of pyridine rings is 1. The Labute approximate surface area is 181 Å². The molecule has 9 heteroatoms. The fourth-order valence-corrected chi connectivity index (χ4v) is 3.48. The number of amides is 1. The lowest BCUT2D eigenvalue weighted by molar-refractivity contribution is 0.102. The monoisotopic (exact) mass is 438 g/mol. The molecule has 0 unspecified atom stereocenters. The number of aromatic nitrogens is 3. The summed E-state index contributed by atoms with van der Waals surface area (Å²) in [5, 5.41) is 11.9. The summed E-state index contributed by atoms with van der Waals surface area (Å²) >= 11 is 6.98. The first-order chi connectivity index (χ1) is 14.6. The summed E-state index contributed by atoms with van der Waals surface area (Å²) in [6.07, 6.45) is 3.19. The summed E-state index contributed by atoms with van der Waals surface area (Å²) in [4.78, 5) is 17.1. The number of nitrogens with one attached hydrogen (secondary N) is 1. The van der Waals surface area contributed by atoms with Gasteiger partial charge in [0.25, 0.3) is 5.91 Å². The van der Waals surface area contributed by atoms with Gasteiger partial charge in [0.1, 0.15) is 11.5 Å². The van der Waals surface area contributed by atoms with Crippen LogP contribution in [0, 0.1) is 0 Å². The van der Waals surface area contributed by atoms with Gasteiger partial charge in [-0.2, -0.15) is 0 Å². The number of ether oxygens (including phenoxy) is 2. The molecule has 30 heavy (non-hydrogen) atoms. The predicted octanol–water partition coefficient (Wildman–Crippen LogP) is 5.31. The molecule has 0 aliphatic heterocycles. The van der Waals surface area contributed by atoms with E-state index in [-0.39, 0.29) is 5.91 Å². The van der Waals surface area contributed by atoms with Gasteiger partial charge < -0.3 is 9.47 Å². The normalized spacial score (nSPS) is 10.5. The van der Waals surface area contributed by atoms with Crippen molar-refractivity contribution in [2.24, 2.45) is 0 Å². The molecule has 2 aromatic heterocycles. The molecule has 0 aliphatic carbocycles. The minimum atomic E-state index is -0.340. The van der Waals surface area contributed by atoms with Crippen LogP contribution in [0.5, 0.6) is 16.7 Å². The Morgan fingerprint density at radius 1 is 1.03 bits per heavy atom. The van der Waals surface area contributed by atoms with Crippen LogP contribution in [-0.2, 0) is 0 Å². The van der Waals surface area contributed by atoms with Gasteiger partial charge in [0.2, 0.25) is 5.13 Å². The number of carbonyl (C=O) groups is 1. The van der Waals surface area contributed by atoms with Crippen LogP contribution in [0.25, 0.3) is 11.1 Å². The zero-order valence-electron chi connectivity index (χ0n) is 15.7. The van der Waals surface area contributed by atoms with Gasteiger partial charge in [-0.25, -0.2) is 0 Å².